The van der Waals surface area contributed by atoms with Crippen molar-refractivity contribution in [3.05, 3.63) is 88.4 Å². The molecule has 0 aliphatic rings. The number of thiophene rings is 1. The highest BCUT2D eigenvalue weighted by atomic mass is 32.1. The number of carbonyl (C=O) groups excluding carboxylic acids is 3. The second kappa shape index (κ2) is 20.2. The van der Waals surface area contributed by atoms with Crippen LogP contribution in [0, 0.1) is 0 Å². The number of aliphatic carboxylic acids is 2. The zero-order chi connectivity index (χ0) is 40.0. The molecule has 0 bridgehead atoms. The quantitative estimate of drug-likeness (QED) is 0.0663. The fourth-order valence-electron chi connectivity index (χ4n) is 5.50. The molecule has 2 unspecified atom stereocenters. The number of nitrogens with one attached hydrogen (secondary N) is 3. The van der Waals surface area contributed by atoms with Crippen molar-refractivity contribution in [2.45, 2.75) is 90.1 Å². The van der Waals surface area contributed by atoms with E-state index < -0.39 is 54.7 Å². The number of aromatic nitrogens is 2. The summed E-state index contributed by atoms with van der Waals surface area (Å²) < 4.78 is 5.88. The fraction of sp³-hybridized carbons (Fsp3) is 0.390. The fourth-order valence-corrected chi connectivity index (χ4v) is 6.46. The van der Waals surface area contributed by atoms with Gasteiger partial charge in [0.1, 0.15) is 24.4 Å². The molecular weight excluding hydrogens is 723 g/mol. The summed E-state index contributed by atoms with van der Waals surface area (Å²) in [4.78, 5) is 72.4. The minimum atomic E-state index is -1.67. The number of hydrogen-bond donors (Lipinski definition) is 5. The van der Waals surface area contributed by atoms with Crippen LogP contribution in [0.15, 0.2) is 73.1 Å². The van der Waals surface area contributed by atoms with Gasteiger partial charge < -0.3 is 30.9 Å². The molecule has 2 aromatic heterocycles. The van der Waals surface area contributed by atoms with E-state index in [1.807, 2.05) is 51.1 Å². The van der Waals surface area contributed by atoms with E-state index in [0.717, 1.165) is 33.7 Å². The Bertz CT molecular complexity index is 1900. The third kappa shape index (κ3) is 13.3. The van der Waals surface area contributed by atoms with Gasteiger partial charge in [0.05, 0.1) is 17.9 Å². The van der Waals surface area contributed by atoms with Crippen LogP contribution >= 0.6 is 11.3 Å². The van der Waals surface area contributed by atoms with Crippen molar-refractivity contribution in [3.8, 4) is 28.3 Å². The van der Waals surface area contributed by atoms with E-state index >= 15 is 0 Å². The van der Waals surface area contributed by atoms with Crippen LogP contribution in [-0.2, 0) is 31.0 Å². The zero-order valence-corrected chi connectivity index (χ0v) is 32.4. The van der Waals surface area contributed by atoms with Crippen molar-refractivity contribution in [2.75, 3.05) is 13.2 Å². The molecule has 55 heavy (non-hydrogen) atoms. The number of unbranched alkanes of at least 4 members (excludes halogenated alkanes) is 4. The highest BCUT2D eigenvalue weighted by Crippen LogP contribution is 2.29. The van der Waals surface area contributed by atoms with Crippen molar-refractivity contribution in [1.82, 2.24) is 25.9 Å². The number of carboxylic acids is 2. The second-order valence-electron chi connectivity index (χ2n) is 14.2. The van der Waals surface area contributed by atoms with Crippen molar-refractivity contribution < 1.29 is 38.9 Å². The maximum atomic E-state index is 13.5. The van der Waals surface area contributed by atoms with Crippen LogP contribution in [0.5, 0.6) is 5.75 Å². The molecule has 0 radical (unpaired) electrons. The van der Waals surface area contributed by atoms with Crippen molar-refractivity contribution in [1.29, 1.82) is 0 Å². The molecular formula is C41H49N5O8S. The van der Waals surface area contributed by atoms with Crippen LogP contribution < -0.4 is 20.7 Å². The summed E-state index contributed by atoms with van der Waals surface area (Å²) in [5, 5.41) is 25.7. The predicted octanol–water partition coefficient (Wildman–Crippen LogP) is 6.02. The lowest BCUT2D eigenvalue weighted by molar-refractivity contribution is -0.144. The first-order valence-corrected chi connectivity index (χ1v) is 19.1. The average Bonchev–Trinajstić information content (AvgIpc) is 3.67. The van der Waals surface area contributed by atoms with E-state index in [1.165, 1.54) is 37.0 Å². The monoisotopic (exact) mass is 771 g/mol. The van der Waals surface area contributed by atoms with Crippen LogP contribution in [-0.4, -0.2) is 75.1 Å². The molecule has 4 rings (SSSR count). The third-order valence-electron chi connectivity index (χ3n) is 8.64. The van der Waals surface area contributed by atoms with Gasteiger partial charge in [-0.05, 0) is 47.2 Å². The van der Waals surface area contributed by atoms with Gasteiger partial charge in [-0.3, -0.25) is 19.2 Å². The Labute approximate surface area is 325 Å². The lowest BCUT2D eigenvalue weighted by atomic mass is 9.95. The number of rotatable bonds is 20. The molecule has 0 spiro atoms. The molecule has 292 valence electrons. The molecule has 2 aromatic carbocycles. The SMILES string of the molecule is CCCCCCCOc1ccc(-c2cnc(-c3ccc(CC(NC(=O)c4ccc(C(C)(C)C)s4)C(=O)NC(CC(=O)NCC(=O)O)C(=O)O)cc3)nc2)cc1. The van der Waals surface area contributed by atoms with Gasteiger partial charge in [-0.1, -0.05) is 89.8 Å². The second-order valence-corrected chi connectivity index (χ2v) is 15.3. The van der Waals surface area contributed by atoms with E-state index in [9.17, 15) is 29.1 Å². The Hall–Kier alpha value is -5.63. The summed E-state index contributed by atoms with van der Waals surface area (Å²) in [5.41, 5.74) is 2.96. The molecule has 2 atom stereocenters. The molecule has 0 aliphatic carbocycles. The van der Waals surface area contributed by atoms with Crippen LogP contribution in [0.2, 0.25) is 0 Å². The maximum Gasteiger partial charge on any atom is 0.326 e. The molecule has 0 saturated heterocycles. The van der Waals surface area contributed by atoms with E-state index in [1.54, 1.807) is 42.7 Å². The largest absolute Gasteiger partial charge is 0.494 e. The first kappa shape index (κ1) is 42.1. The van der Waals surface area contributed by atoms with Crippen LogP contribution in [0.3, 0.4) is 0 Å². The maximum absolute atomic E-state index is 13.5. The number of benzene rings is 2. The summed E-state index contributed by atoms with van der Waals surface area (Å²) in [5.74, 6) is -3.72. The van der Waals surface area contributed by atoms with Gasteiger partial charge in [-0.15, -0.1) is 11.3 Å². The van der Waals surface area contributed by atoms with Gasteiger partial charge in [0.15, 0.2) is 5.82 Å². The van der Waals surface area contributed by atoms with Gasteiger partial charge in [-0.2, -0.15) is 0 Å². The molecule has 2 heterocycles. The van der Waals surface area contributed by atoms with E-state index in [2.05, 4.69) is 32.8 Å². The predicted molar refractivity (Wildman–Crippen MR) is 210 cm³/mol. The highest BCUT2D eigenvalue weighted by molar-refractivity contribution is 7.14. The Morgan fingerprint density at radius 3 is 2.04 bits per heavy atom. The molecule has 4 aromatic rings. The molecule has 3 amide bonds. The third-order valence-corrected chi connectivity index (χ3v) is 10.1. The zero-order valence-electron chi connectivity index (χ0n) is 31.6. The van der Waals surface area contributed by atoms with Gasteiger partial charge in [-0.25, -0.2) is 14.8 Å². The summed E-state index contributed by atoms with van der Waals surface area (Å²) >= 11 is 1.29. The Balaban J connectivity index is 1.44. The van der Waals surface area contributed by atoms with Crippen LogP contribution in [0.1, 0.15) is 86.3 Å². The summed E-state index contributed by atoms with van der Waals surface area (Å²) in [6, 6.07) is 15.5. The number of carbonyl (C=O) groups is 5. The number of ether oxygens (including phenoxy) is 1. The number of amides is 3. The normalized spacial score (nSPS) is 12.3. The molecule has 5 N–H and O–H groups in total. The molecule has 14 heteroatoms. The van der Waals surface area contributed by atoms with Crippen molar-refractivity contribution >= 4 is 41.0 Å². The standard InChI is InChI=1S/C41H49N5O8S/c1-5-6-7-8-9-20-54-30-16-14-27(15-17-30)29-23-43-37(44-24-29)28-12-10-26(11-13-28)21-31(45-39(51)33-18-19-34(55-33)41(2,3)4)38(50)46-32(40(52)53)22-35(47)42-25-36(48)49/h10-19,23-24,31-32H,5-9,20-22,25H2,1-4H3,(H,42,47)(H,45,51)(H,46,50)(H,48,49)(H,52,53). The first-order valence-electron chi connectivity index (χ1n) is 18.3. The average molecular weight is 772 g/mol. The number of hydrogen-bond acceptors (Lipinski definition) is 9. The molecule has 13 nitrogen and oxygen atoms in total. The highest BCUT2D eigenvalue weighted by Gasteiger charge is 2.29. The Morgan fingerprint density at radius 2 is 1.44 bits per heavy atom. The van der Waals surface area contributed by atoms with Gasteiger partial charge in [0.2, 0.25) is 11.8 Å². The molecule has 0 fully saturated rings. The van der Waals surface area contributed by atoms with Gasteiger partial charge in [0, 0.05) is 34.8 Å². The summed E-state index contributed by atoms with van der Waals surface area (Å²) in [6.07, 6.45) is 8.66. The smallest absolute Gasteiger partial charge is 0.326 e. The minimum absolute atomic E-state index is 0.00866. The summed E-state index contributed by atoms with van der Waals surface area (Å²) in [6.45, 7) is 8.24. The number of carboxylic acid groups (broad SMARTS) is 2. The minimum Gasteiger partial charge on any atom is -0.494 e. The Kier molecular flexibility index (Phi) is 15.4. The van der Waals surface area contributed by atoms with E-state index in [4.69, 9.17) is 9.84 Å². The van der Waals surface area contributed by atoms with Crippen LogP contribution in [0.4, 0.5) is 0 Å². The lowest BCUT2D eigenvalue weighted by Gasteiger charge is -2.21. The van der Waals surface area contributed by atoms with E-state index in [-0.39, 0.29) is 11.8 Å². The molecule has 0 saturated carbocycles. The lowest BCUT2D eigenvalue weighted by Crippen LogP contribution is -2.53. The van der Waals surface area contributed by atoms with Crippen molar-refractivity contribution in [2.24, 2.45) is 0 Å². The van der Waals surface area contributed by atoms with Gasteiger partial charge >= 0.3 is 11.9 Å². The molecule has 0 aliphatic heterocycles. The number of nitrogens with zero attached hydrogens (tertiary/aromatic N) is 2. The van der Waals surface area contributed by atoms with Crippen LogP contribution in [0.25, 0.3) is 22.5 Å². The van der Waals surface area contributed by atoms with E-state index in [0.29, 0.717) is 22.9 Å². The topological polar surface area (TPSA) is 197 Å². The first-order chi connectivity index (χ1) is 26.2. The Morgan fingerprint density at radius 1 is 0.782 bits per heavy atom. The van der Waals surface area contributed by atoms with Crippen molar-refractivity contribution in [3.63, 3.8) is 0 Å². The van der Waals surface area contributed by atoms with Gasteiger partial charge in [0.25, 0.3) is 5.91 Å². The summed E-state index contributed by atoms with van der Waals surface area (Å²) in [7, 11) is 0.